The summed E-state index contributed by atoms with van der Waals surface area (Å²) in [6.45, 7) is 4.31. The molecule has 0 spiro atoms. The lowest BCUT2D eigenvalue weighted by Gasteiger charge is -2.20. The number of sulfonamides is 1. The Labute approximate surface area is 149 Å². The van der Waals surface area contributed by atoms with Gasteiger partial charge in [-0.2, -0.15) is 4.31 Å². The summed E-state index contributed by atoms with van der Waals surface area (Å²) in [5.74, 6) is -0.319. The van der Waals surface area contributed by atoms with Crippen LogP contribution in [0.1, 0.15) is 22.3 Å². The fourth-order valence-corrected chi connectivity index (χ4v) is 3.14. The zero-order valence-corrected chi connectivity index (χ0v) is 15.6. The van der Waals surface area contributed by atoms with Crippen LogP contribution in [0.5, 0.6) is 0 Å². The molecule has 0 fully saturated rings. The van der Waals surface area contributed by atoms with E-state index in [9.17, 15) is 13.2 Å². The quantitative estimate of drug-likeness (QED) is 0.824. The van der Waals surface area contributed by atoms with E-state index >= 15 is 0 Å². The molecule has 0 aliphatic heterocycles. The number of benzene rings is 2. The smallest absolute Gasteiger partial charge is 0.235 e. The molecule has 0 aliphatic rings. The molecule has 0 saturated carbocycles. The van der Waals surface area contributed by atoms with Crippen LogP contribution >= 0.6 is 0 Å². The van der Waals surface area contributed by atoms with E-state index in [1.165, 1.54) is 4.31 Å². The molecule has 6 heteroatoms. The molecule has 0 saturated heterocycles. The number of aryl methyl sites for hydroxylation is 2. The van der Waals surface area contributed by atoms with Gasteiger partial charge in [-0.1, -0.05) is 54.1 Å². The fourth-order valence-electron chi connectivity index (χ4n) is 2.41. The van der Waals surface area contributed by atoms with Crippen LogP contribution in [0.4, 0.5) is 0 Å². The second-order valence-electron chi connectivity index (χ2n) is 6.22. The standard InChI is InChI=1S/C19H24N2O3S/c1-15-8-10-17(11-9-15)13-21(25(3,23)24)14-19(22)20-12-18-7-5-4-6-16(18)2/h4-11H,12-14H2,1-3H3,(H,20,22). The highest BCUT2D eigenvalue weighted by atomic mass is 32.2. The van der Waals surface area contributed by atoms with E-state index in [1.54, 1.807) is 0 Å². The van der Waals surface area contributed by atoms with E-state index < -0.39 is 10.0 Å². The lowest BCUT2D eigenvalue weighted by Crippen LogP contribution is -2.39. The minimum atomic E-state index is -3.49. The van der Waals surface area contributed by atoms with Gasteiger partial charge in [0.25, 0.3) is 0 Å². The SMILES string of the molecule is Cc1ccc(CN(CC(=O)NCc2ccccc2C)S(C)(=O)=O)cc1. The predicted molar refractivity (Wildman–Crippen MR) is 99.5 cm³/mol. The minimum Gasteiger partial charge on any atom is -0.351 e. The Hall–Kier alpha value is -2.18. The summed E-state index contributed by atoms with van der Waals surface area (Å²) in [6, 6.07) is 15.4. The van der Waals surface area contributed by atoms with Crippen LogP contribution in [0.15, 0.2) is 48.5 Å². The lowest BCUT2D eigenvalue weighted by atomic mass is 10.1. The lowest BCUT2D eigenvalue weighted by molar-refractivity contribution is -0.121. The van der Waals surface area contributed by atoms with E-state index in [2.05, 4.69) is 5.32 Å². The molecule has 0 bridgehead atoms. The molecule has 1 N–H and O–H groups in total. The number of hydrogen-bond acceptors (Lipinski definition) is 3. The maximum Gasteiger partial charge on any atom is 0.235 e. The van der Waals surface area contributed by atoms with Crippen molar-refractivity contribution < 1.29 is 13.2 Å². The predicted octanol–water partition coefficient (Wildman–Crippen LogP) is 2.38. The van der Waals surface area contributed by atoms with Gasteiger partial charge in [-0.15, -0.1) is 0 Å². The van der Waals surface area contributed by atoms with Gasteiger partial charge in [0.15, 0.2) is 0 Å². The van der Waals surface area contributed by atoms with Gasteiger partial charge in [0.1, 0.15) is 0 Å². The normalized spacial score (nSPS) is 11.5. The molecule has 5 nitrogen and oxygen atoms in total. The molecule has 134 valence electrons. The van der Waals surface area contributed by atoms with Gasteiger partial charge in [0, 0.05) is 13.1 Å². The molecule has 0 aliphatic carbocycles. The van der Waals surface area contributed by atoms with Crippen molar-refractivity contribution in [2.75, 3.05) is 12.8 Å². The maximum atomic E-state index is 12.2. The van der Waals surface area contributed by atoms with E-state index in [4.69, 9.17) is 0 Å². The summed E-state index contributed by atoms with van der Waals surface area (Å²) < 4.78 is 25.2. The first kappa shape index (κ1) is 19.1. The molecule has 2 aromatic carbocycles. The summed E-state index contributed by atoms with van der Waals surface area (Å²) in [7, 11) is -3.49. The Morgan fingerprint density at radius 1 is 1.04 bits per heavy atom. The van der Waals surface area contributed by atoms with Gasteiger partial charge in [0.2, 0.25) is 15.9 Å². The molecule has 2 aromatic rings. The molecule has 0 heterocycles. The zero-order valence-electron chi connectivity index (χ0n) is 14.8. The summed E-state index contributed by atoms with van der Waals surface area (Å²) in [5.41, 5.74) is 4.05. The van der Waals surface area contributed by atoms with Gasteiger partial charge in [-0.05, 0) is 30.5 Å². The van der Waals surface area contributed by atoms with Crippen molar-refractivity contribution in [3.8, 4) is 0 Å². The van der Waals surface area contributed by atoms with Crippen LogP contribution in [0.25, 0.3) is 0 Å². The van der Waals surface area contributed by atoms with Gasteiger partial charge in [-0.25, -0.2) is 8.42 Å². The first-order valence-electron chi connectivity index (χ1n) is 8.07. The molecular formula is C19H24N2O3S. The molecule has 0 unspecified atom stereocenters. The van der Waals surface area contributed by atoms with Crippen LogP contribution in [0, 0.1) is 13.8 Å². The third-order valence-electron chi connectivity index (χ3n) is 4.01. The van der Waals surface area contributed by atoms with E-state index in [0.29, 0.717) is 6.54 Å². The number of rotatable bonds is 7. The highest BCUT2D eigenvalue weighted by Crippen LogP contribution is 2.10. The van der Waals surface area contributed by atoms with Crippen LogP contribution in [0.3, 0.4) is 0 Å². The van der Waals surface area contributed by atoms with Crippen LogP contribution in [-0.2, 0) is 27.9 Å². The average molecular weight is 360 g/mol. The highest BCUT2D eigenvalue weighted by Gasteiger charge is 2.20. The number of amides is 1. The second kappa shape index (κ2) is 8.27. The third kappa shape index (κ3) is 5.99. The topological polar surface area (TPSA) is 66.5 Å². The molecule has 0 aromatic heterocycles. The number of nitrogens with one attached hydrogen (secondary N) is 1. The number of carbonyl (C=O) groups excluding carboxylic acids is 1. The summed E-state index contributed by atoms with van der Waals surface area (Å²) in [4.78, 5) is 12.2. The number of carbonyl (C=O) groups is 1. The van der Waals surface area contributed by atoms with Gasteiger partial charge < -0.3 is 5.32 Å². The van der Waals surface area contributed by atoms with Crippen molar-refractivity contribution >= 4 is 15.9 Å². The molecule has 2 rings (SSSR count). The fraction of sp³-hybridized carbons (Fsp3) is 0.316. The Bertz CT molecular complexity index is 830. The number of hydrogen-bond donors (Lipinski definition) is 1. The minimum absolute atomic E-state index is 0.177. The van der Waals surface area contributed by atoms with Gasteiger partial charge in [-0.3, -0.25) is 4.79 Å². The van der Waals surface area contributed by atoms with Crippen molar-refractivity contribution in [1.82, 2.24) is 9.62 Å². The Balaban J connectivity index is 2.00. The van der Waals surface area contributed by atoms with Crippen molar-refractivity contribution in [2.24, 2.45) is 0 Å². The molecule has 0 radical (unpaired) electrons. The first-order valence-corrected chi connectivity index (χ1v) is 9.92. The maximum absolute atomic E-state index is 12.2. The number of nitrogens with zero attached hydrogens (tertiary/aromatic N) is 1. The third-order valence-corrected chi connectivity index (χ3v) is 5.20. The Morgan fingerprint density at radius 2 is 1.68 bits per heavy atom. The molecular weight excluding hydrogens is 336 g/mol. The van der Waals surface area contributed by atoms with Crippen LogP contribution in [-0.4, -0.2) is 31.4 Å². The van der Waals surface area contributed by atoms with E-state index in [-0.39, 0.29) is 19.0 Å². The van der Waals surface area contributed by atoms with E-state index in [0.717, 1.165) is 28.5 Å². The van der Waals surface area contributed by atoms with Gasteiger partial charge in [0.05, 0.1) is 12.8 Å². The summed E-state index contributed by atoms with van der Waals surface area (Å²) in [5, 5.41) is 2.79. The van der Waals surface area contributed by atoms with Crippen LogP contribution in [0.2, 0.25) is 0 Å². The summed E-state index contributed by atoms with van der Waals surface area (Å²) >= 11 is 0. The highest BCUT2D eigenvalue weighted by molar-refractivity contribution is 7.88. The van der Waals surface area contributed by atoms with Crippen molar-refractivity contribution in [3.05, 3.63) is 70.8 Å². The molecule has 25 heavy (non-hydrogen) atoms. The zero-order chi connectivity index (χ0) is 18.4. The van der Waals surface area contributed by atoms with Crippen molar-refractivity contribution in [1.29, 1.82) is 0 Å². The largest absolute Gasteiger partial charge is 0.351 e. The van der Waals surface area contributed by atoms with Crippen LogP contribution < -0.4 is 5.32 Å². The van der Waals surface area contributed by atoms with Crippen molar-refractivity contribution in [2.45, 2.75) is 26.9 Å². The van der Waals surface area contributed by atoms with Gasteiger partial charge >= 0.3 is 0 Å². The first-order chi connectivity index (χ1) is 11.8. The Morgan fingerprint density at radius 3 is 2.28 bits per heavy atom. The average Bonchev–Trinajstić information content (AvgIpc) is 2.54. The monoisotopic (exact) mass is 360 g/mol. The second-order valence-corrected chi connectivity index (χ2v) is 8.20. The van der Waals surface area contributed by atoms with E-state index in [1.807, 2.05) is 62.4 Å². The molecule has 0 atom stereocenters. The Kier molecular flexibility index (Phi) is 6.33. The summed E-state index contributed by atoms with van der Waals surface area (Å²) in [6.07, 6.45) is 1.12. The molecule has 1 amide bonds. The van der Waals surface area contributed by atoms with Crippen molar-refractivity contribution in [3.63, 3.8) is 0 Å².